The molecule has 32 nitrogen and oxygen atoms in total. The van der Waals surface area contributed by atoms with E-state index in [9.17, 15) is 80.0 Å². The van der Waals surface area contributed by atoms with Crippen LogP contribution in [0.3, 0.4) is 0 Å². The number of ether oxygens (including phenoxy) is 7. The number of nitrogens with one attached hydrogen (secondary N) is 2. The summed E-state index contributed by atoms with van der Waals surface area (Å²) in [5.74, 6) is -2.76. The minimum atomic E-state index is -4.26. The van der Waals surface area contributed by atoms with Crippen LogP contribution >= 0.6 is 0 Å². The number of halogens is 4. The Labute approximate surface area is 817 Å². The number of aliphatic hydroxyl groups is 3. The third kappa shape index (κ3) is 31.5. The van der Waals surface area contributed by atoms with E-state index in [1.807, 2.05) is 0 Å². The van der Waals surface area contributed by atoms with E-state index in [2.05, 4.69) is 10.6 Å². The van der Waals surface area contributed by atoms with E-state index in [0.717, 1.165) is 15.9 Å². The summed E-state index contributed by atoms with van der Waals surface area (Å²) in [6.45, 7) is 11.7. The van der Waals surface area contributed by atoms with E-state index in [0.29, 0.717) is 54.6 Å². The van der Waals surface area contributed by atoms with Crippen molar-refractivity contribution in [3.05, 3.63) is 289 Å². The monoisotopic (exact) mass is 2030 g/mol. The first-order chi connectivity index (χ1) is 66.8. The number of Topliss-reactive ketones (excluding diaryl/α,β-unsaturated/α-hetero) is 3. The largest absolute Gasteiger partial charge is 0.486 e. The quantitative estimate of drug-likeness (QED) is 0.0135. The molecule has 0 radical (unpaired) electrons. The number of rotatable bonds is 42. The van der Waals surface area contributed by atoms with E-state index in [-0.39, 0.29) is 190 Å². The van der Waals surface area contributed by atoms with Gasteiger partial charge in [-0.2, -0.15) is 0 Å². The summed E-state index contributed by atoms with van der Waals surface area (Å²) in [5, 5.41) is 32.4. The normalized spacial score (nSPS) is 11.6. The first-order valence-corrected chi connectivity index (χ1v) is 50.1. The van der Waals surface area contributed by atoms with E-state index < -0.39 is 92.7 Å². The summed E-state index contributed by atoms with van der Waals surface area (Å²) < 4.78 is 209. The van der Waals surface area contributed by atoms with Gasteiger partial charge in [0.15, 0.2) is 24.0 Å². The molecule has 12 aromatic rings. The van der Waals surface area contributed by atoms with Crippen LogP contribution in [0, 0.1) is 23.3 Å². The molecule has 2 amide bonds. The second kappa shape index (κ2) is 51.0. The van der Waals surface area contributed by atoms with Crippen molar-refractivity contribution in [3.8, 4) is 68.0 Å². The molecule has 40 heteroatoms. The highest BCUT2D eigenvalue weighted by Crippen LogP contribution is 2.37. The van der Waals surface area contributed by atoms with Crippen molar-refractivity contribution in [3.63, 3.8) is 0 Å². The molecule has 0 aliphatic heterocycles. The van der Waals surface area contributed by atoms with Crippen molar-refractivity contribution < 1.29 is 128 Å². The first-order valence-electron chi connectivity index (χ1n) is 44.4. The average molecular weight is 2030 g/mol. The molecule has 0 spiro atoms. The second-order valence-corrected chi connectivity index (χ2v) is 41.0. The topological polar surface area (TPSA) is 415 Å². The Kier molecular flexibility index (Phi) is 40.2. The Bertz CT molecular complexity index is 6640. The molecule has 141 heavy (non-hydrogen) atoms. The number of carbonyl (C=O) groups is 6. The summed E-state index contributed by atoms with van der Waals surface area (Å²) in [6, 6.07) is 52.7. The van der Waals surface area contributed by atoms with Crippen molar-refractivity contribution in [1.82, 2.24) is 36.3 Å². The lowest BCUT2D eigenvalue weighted by molar-refractivity contribution is -0.145. The number of benzene rings is 8. The lowest BCUT2D eigenvalue weighted by Gasteiger charge is -2.24. The zero-order valence-corrected chi connectivity index (χ0v) is 82.8. The fraction of sp³-hybridized carbons (Fsp3) is 0.307. The number of amides is 2. The smallest absolute Gasteiger partial charge is 0.410 e. The number of hydrogen-bond donors (Lipinski definition) is 5. The van der Waals surface area contributed by atoms with Crippen LogP contribution in [-0.4, -0.2) is 202 Å². The summed E-state index contributed by atoms with van der Waals surface area (Å²) in [5.41, 5.74) is 1.84. The lowest BCUT2D eigenvalue weighted by atomic mass is 10.1. The van der Waals surface area contributed by atoms with Crippen LogP contribution in [0.2, 0.25) is 0 Å². The van der Waals surface area contributed by atoms with Crippen molar-refractivity contribution in [2.24, 2.45) is 0 Å². The molecule has 0 fully saturated rings. The zero-order chi connectivity index (χ0) is 103. The predicted octanol–water partition coefficient (Wildman–Crippen LogP) is 15.4. The summed E-state index contributed by atoms with van der Waals surface area (Å²) in [6.07, 6.45) is 5.91. The van der Waals surface area contributed by atoms with Gasteiger partial charge in [0.1, 0.15) is 77.3 Å². The first kappa shape index (κ1) is 111. The van der Waals surface area contributed by atoms with Gasteiger partial charge in [-0.3, -0.25) is 14.4 Å². The SMILES string of the molecule is CCOC(=O)COc1cccc(S(=O)(=O)n2cc(CN(C)C(=O)OC(C)(C)C)cc2-c2ccccc2F)c1.CN(Cc1cc(-c2ccccc2F)n(S(=O)(=O)c2cccc(OCC(=O)CCCO)c2)c1)C(=O)OC(C)(C)C.CNCc1cc(-c2ccccc2F)n(S(=O)(=O)c2cccc(OCC(=O)CCCO)c2)c1.CNCc1cc(-c2ccccc2F)n(S(=O)(=O)c2cccc(OCC(=O)CCCO)c2)c1. The van der Waals surface area contributed by atoms with Gasteiger partial charge in [-0.25, -0.2) is 81.5 Å². The van der Waals surface area contributed by atoms with E-state index >= 15 is 0 Å². The number of ketones is 3. The average Bonchev–Trinajstić information content (AvgIpc) is 1.63. The Morgan fingerprint density at radius 3 is 0.844 bits per heavy atom. The van der Waals surface area contributed by atoms with Crippen molar-refractivity contribution >= 4 is 75.6 Å². The number of aromatic nitrogens is 4. The lowest BCUT2D eigenvalue weighted by Crippen LogP contribution is -2.33. The fourth-order valence-electron chi connectivity index (χ4n) is 13.6. The maximum absolute atomic E-state index is 14.8. The van der Waals surface area contributed by atoms with Gasteiger partial charge in [-0.1, -0.05) is 72.8 Å². The van der Waals surface area contributed by atoms with Crippen molar-refractivity contribution in [2.45, 2.75) is 144 Å². The maximum Gasteiger partial charge on any atom is 0.410 e. The minimum absolute atomic E-state index is 0.0119. The van der Waals surface area contributed by atoms with Gasteiger partial charge in [0.05, 0.1) is 62.1 Å². The highest BCUT2D eigenvalue weighted by molar-refractivity contribution is 7.91. The van der Waals surface area contributed by atoms with Crippen LogP contribution in [-0.2, 0) is 99.7 Å². The molecule has 4 heterocycles. The molecular weight excluding hydrogens is 1910 g/mol. The Balaban J connectivity index is 0.000000211. The van der Waals surface area contributed by atoms with Gasteiger partial charge in [-0.05, 0) is 225 Å². The molecule has 12 rings (SSSR count). The van der Waals surface area contributed by atoms with Gasteiger partial charge in [0, 0.05) is 138 Å². The highest BCUT2D eigenvalue weighted by atomic mass is 32.2. The molecule has 754 valence electrons. The number of nitrogens with zero attached hydrogens (tertiary/aromatic N) is 6. The summed E-state index contributed by atoms with van der Waals surface area (Å²) in [4.78, 5) is 74.2. The van der Waals surface area contributed by atoms with E-state index in [4.69, 9.17) is 48.5 Å². The molecule has 4 aromatic heterocycles. The maximum atomic E-state index is 14.8. The summed E-state index contributed by atoms with van der Waals surface area (Å²) >= 11 is 0. The Morgan fingerprint density at radius 2 is 0.603 bits per heavy atom. The highest BCUT2D eigenvalue weighted by Gasteiger charge is 2.32. The van der Waals surface area contributed by atoms with Crippen molar-refractivity contribution in [2.75, 3.05) is 81.0 Å². The van der Waals surface area contributed by atoms with Crippen LogP contribution in [0.1, 0.15) is 109 Å². The number of aliphatic hydroxyl groups excluding tert-OH is 3. The Morgan fingerprint density at radius 1 is 0.355 bits per heavy atom. The third-order valence-corrected chi connectivity index (χ3v) is 26.8. The van der Waals surface area contributed by atoms with Crippen molar-refractivity contribution in [1.29, 1.82) is 0 Å². The molecule has 0 aliphatic rings. The fourth-order valence-corrected chi connectivity index (χ4v) is 19.3. The number of carbonyl (C=O) groups excluding carboxylic acids is 6. The number of esters is 1. The second-order valence-electron chi connectivity index (χ2n) is 33.7. The van der Waals surface area contributed by atoms with E-state index in [1.165, 1.54) is 219 Å². The number of hydrogen-bond acceptors (Lipinski definition) is 26. The van der Waals surface area contributed by atoms with Gasteiger partial charge in [0.25, 0.3) is 40.1 Å². The van der Waals surface area contributed by atoms with Crippen LogP contribution in [0.5, 0.6) is 23.0 Å². The Hall–Kier alpha value is -13.6. The molecule has 0 saturated carbocycles. The van der Waals surface area contributed by atoms with Crippen LogP contribution in [0.25, 0.3) is 45.0 Å². The van der Waals surface area contributed by atoms with Crippen LogP contribution < -0.4 is 29.6 Å². The molecule has 0 unspecified atom stereocenters. The van der Waals surface area contributed by atoms with Crippen LogP contribution in [0.15, 0.2) is 263 Å². The van der Waals surface area contributed by atoms with Gasteiger partial charge in [0.2, 0.25) is 0 Å². The van der Waals surface area contributed by atoms with Gasteiger partial charge < -0.3 is 68.9 Å². The molecule has 0 saturated heterocycles. The van der Waals surface area contributed by atoms with Crippen LogP contribution in [0.4, 0.5) is 27.2 Å². The molecule has 8 aromatic carbocycles. The molecule has 0 atom stereocenters. The minimum Gasteiger partial charge on any atom is -0.486 e. The predicted molar refractivity (Wildman–Crippen MR) is 519 cm³/mol. The summed E-state index contributed by atoms with van der Waals surface area (Å²) in [7, 11) is -10.2. The van der Waals surface area contributed by atoms with Gasteiger partial charge >= 0.3 is 18.2 Å². The standard InChI is InChI=1S/C28H33FN2O7S.C27H31FN2O7S.2C23H25FN2O5S/c1-28(2,3)38-27(34)30(4)17-20-15-26(24-12-5-6-13-25(24)29)31(18-20)39(35,36)23-11-7-10-22(16-23)37-19-21(33)9-8-14-32;1-6-35-25(31)18-36-20-10-9-11-21(15-20)38(33,34)30-17-19(16-29(5)26(32)37-27(2,3)4)14-24(30)22-12-7-8-13-23(22)28;2*1-25-14-17-12-23(21-9-2-3-10-22(21)24)26(15-17)32(29,30)20-8-4-7-19(13-20)31-16-18(28)6-5-11-27/h5-7,10-13,15-16,18,32H,8-9,14,17,19H2,1-4H3;7-15,17H,6,16,18H2,1-5H3;2*2-4,7-10,12-13,15,25,27H,5-6,11,14,16H2,1H3. The molecular formula is C101H114F4N8O24S4. The molecule has 0 bridgehead atoms. The molecule has 5 N–H and O–H groups in total. The zero-order valence-electron chi connectivity index (χ0n) is 79.6. The van der Waals surface area contributed by atoms with Gasteiger partial charge in [-0.15, -0.1) is 0 Å². The van der Waals surface area contributed by atoms with E-state index in [1.54, 1.807) is 111 Å². The third-order valence-electron chi connectivity index (χ3n) is 20.1. The molecule has 0 aliphatic carbocycles.